The molecule has 3 rings (SSSR count). The number of nitrogens with zero attached hydrogens (tertiary/aromatic N) is 2. The number of guanidine groups is 1. The van der Waals surface area contributed by atoms with E-state index in [1.807, 2.05) is 18.2 Å². The van der Waals surface area contributed by atoms with E-state index in [-0.39, 0.29) is 48.2 Å². The zero-order chi connectivity index (χ0) is 19.9. The molecule has 1 amide bonds. The van der Waals surface area contributed by atoms with Crippen molar-refractivity contribution in [2.45, 2.75) is 12.5 Å². The van der Waals surface area contributed by atoms with Gasteiger partial charge in [0.05, 0.1) is 6.54 Å². The van der Waals surface area contributed by atoms with Crippen molar-refractivity contribution in [2.24, 2.45) is 4.99 Å². The van der Waals surface area contributed by atoms with Crippen LogP contribution in [0.4, 0.5) is 20.2 Å². The summed E-state index contributed by atoms with van der Waals surface area (Å²) in [5.74, 6) is -0.874. The van der Waals surface area contributed by atoms with E-state index < -0.39 is 11.6 Å². The molecule has 1 saturated heterocycles. The molecule has 0 bridgehead atoms. The van der Waals surface area contributed by atoms with Gasteiger partial charge in [0, 0.05) is 31.9 Å². The fourth-order valence-corrected chi connectivity index (χ4v) is 3.15. The third-order valence-corrected chi connectivity index (χ3v) is 4.48. The highest BCUT2D eigenvalue weighted by Gasteiger charge is 2.27. The van der Waals surface area contributed by atoms with Crippen LogP contribution in [-0.2, 0) is 4.79 Å². The van der Waals surface area contributed by atoms with Gasteiger partial charge < -0.3 is 20.9 Å². The average molecular weight is 515 g/mol. The summed E-state index contributed by atoms with van der Waals surface area (Å²) in [4.78, 5) is 17.8. The molecular formula is C20H24F2IN5O. The van der Waals surface area contributed by atoms with E-state index in [1.165, 1.54) is 18.2 Å². The van der Waals surface area contributed by atoms with Crippen molar-refractivity contribution in [2.75, 3.05) is 36.9 Å². The molecule has 9 heteroatoms. The third kappa shape index (κ3) is 6.28. The van der Waals surface area contributed by atoms with Gasteiger partial charge in [-0.1, -0.05) is 24.3 Å². The molecule has 2 aromatic rings. The van der Waals surface area contributed by atoms with Gasteiger partial charge >= 0.3 is 0 Å². The number of para-hydroxylation sites is 2. The molecule has 3 N–H and O–H groups in total. The Morgan fingerprint density at radius 1 is 1.14 bits per heavy atom. The van der Waals surface area contributed by atoms with Crippen molar-refractivity contribution >= 4 is 47.2 Å². The Bertz CT molecular complexity index is 830. The molecule has 0 aromatic heterocycles. The van der Waals surface area contributed by atoms with E-state index in [0.29, 0.717) is 25.5 Å². The first-order valence-electron chi connectivity index (χ1n) is 9.08. The van der Waals surface area contributed by atoms with E-state index in [0.717, 1.165) is 5.69 Å². The quantitative estimate of drug-likeness (QED) is 0.326. The minimum absolute atomic E-state index is 0. The van der Waals surface area contributed by atoms with Crippen molar-refractivity contribution in [3.05, 3.63) is 60.2 Å². The number of anilines is 2. The van der Waals surface area contributed by atoms with Crippen LogP contribution >= 0.6 is 24.0 Å². The molecule has 0 spiro atoms. The average Bonchev–Trinajstić information content (AvgIpc) is 3.14. The van der Waals surface area contributed by atoms with Gasteiger partial charge in [-0.3, -0.25) is 9.79 Å². The van der Waals surface area contributed by atoms with E-state index in [4.69, 9.17) is 0 Å². The van der Waals surface area contributed by atoms with Crippen LogP contribution in [0.15, 0.2) is 53.5 Å². The monoisotopic (exact) mass is 515 g/mol. The number of amides is 1. The predicted molar refractivity (Wildman–Crippen MR) is 122 cm³/mol. The smallest absolute Gasteiger partial charge is 0.243 e. The zero-order valence-corrected chi connectivity index (χ0v) is 18.3. The Labute approximate surface area is 185 Å². The largest absolute Gasteiger partial charge is 0.365 e. The van der Waals surface area contributed by atoms with Gasteiger partial charge in [0.25, 0.3) is 0 Å². The summed E-state index contributed by atoms with van der Waals surface area (Å²) in [6.07, 6.45) is 0.699. The van der Waals surface area contributed by atoms with Gasteiger partial charge in [0.15, 0.2) is 5.96 Å². The summed E-state index contributed by atoms with van der Waals surface area (Å²) in [5, 5.41) is 8.93. The number of hydrogen-bond acceptors (Lipinski definition) is 3. The van der Waals surface area contributed by atoms with Crippen LogP contribution in [0.2, 0.25) is 0 Å². The van der Waals surface area contributed by atoms with Gasteiger partial charge in [-0.15, -0.1) is 24.0 Å². The SMILES string of the molecule is CN=C(NCC(=O)Nc1ccccc1)NC1CCN(c2c(F)cccc2F)C1.I. The highest BCUT2D eigenvalue weighted by molar-refractivity contribution is 14.0. The molecule has 1 aliphatic rings. The van der Waals surface area contributed by atoms with Crippen LogP contribution in [0.1, 0.15) is 6.42 Å². The third-order valence-electron chi connectivity index (χ3n) is 4.48. The normalized spacial score (nSPS) is 16.2. The summed E-state index contributed by atoms with van der Waals surface area (Å²) >= 11 is 0. The van der Waals surface area contributed by atoms with E-state index in [1.54, 1.807) is 24.1 Å². The number of nitrogens with one attached hydrogen (secondary N) is 3. The number of hydrogen-bond donors (Lipinski definition) is 3. The van der Waals surface area contributed by atoms with E-state index in [9.17, 15) is 13.6 Å². The second kappa shape index (κ2) is 10.9. The summed E-state index contributed by atoms with van der Waals surface area (Å²) in [6.45, 7) is 1.02. The number of carbonyl (C=O) groups is 1. The number of carbonyl (C=O) groups excluding carboxylic acids is 1. The van der Waals surface area contributed by atoms with Gasteiger partial charge in [0.2, 0.25) is 5.91 Å². The summed E-state index contributed by atoms with van der Waals surface area (Å²) < 4.78 is 27.9. The van der Waals surface area contributed by atoms with Crippen molar-refractivity contribution in [1.29, 1.82) is 0 Å². The Hall–Kier alpha value is -2.43. The molecule has 156 valence electrons. The van der Waals surface area contributed by atoms with Crippen molar-refractivity contribution in [3.8, 4) is 0 Å². The molecule has 0 radical (unpaired) electrons. The van der Waals surface area contributed by atoms with Crippen LogP contribution in [0.5, 0.6) is 0 Å². The zero-order valence-electron chi connectivity index (χ0n) is 16.0. The molecule has 0 aliphatic carbocycles. The van der Waals surface area contributed by atoms with Crippen molar-refractivity contribution in [1.82, 2.24) is 10.6 Å². The fourth-order valence-electron chi connectivity index (χ4n) is 3.15. The van der Waals surface area contributed by atoms with Gasteiger partial charge in [-0.2, -0.15) is 0 Å². The molecule has 1 fully saturated rings. The fraction of sp³-hybridized carbons (Fsp3) is 0.300. The molecule has 1 unspecified atom stereocenters. The second-order valence-corrected chi connectivity index (χ2v) is 6.49. The number of benzene rings is 2. The standard InChI is InChI=1S/C20H23F2N5O.HI/c1-23-20(24-12-18(28)25-14-6-3-2-4-7-14)26-15-10-11-27(13-15)19-16(21)8-5-9-17(19)22;/h2-9,15H,10-13H2,1H3,(H,25,28)(H2,23,24,26);1H. The highest BCUT2D eigenvalue weighted by atomic mass is 127. The lowest BCUT2D eigenvalue weighted by Gasteiger charge is -2.21. The molecule has 1 aliphatic heterocycles. The molecule has 1 heterocycles. The van der Waals surface area contributed by atoms with E-state index >= 15 is 0 Å². The Morgan fingerprint density at radius 3 is 2.48 bits per heavy atom. The summed E-state index contributed by atoms with van der Waals surface area (Å²) in [5.41, 5.74) is 0.715. The molecular weight excluding hydrogens is 491 g/mol. The minimum atomic E-state index is -0.569. The number of halogens is 3. The van der Waals surface area contributed by atoms with Crippen LogP contribution < -0.4 is 20.9 Å². The lowest BCUT2D eigenvalue weighted by molar-refractivity contribution is -0.115. The molecule has 1 atom stereocenters. The van der Waals surface area contributed by atoms with Gasteiger partial charge in [-0.05, 0) is 30.7 Å². The Balaban J connectivity index is 0.00000300. The second-order valence-electron chi connectivity index (χ2n) is 6.49. The van der Waals surface area contributed by atoms with Crippen LogP contribution in [0.3, 0.4) is 0 Å². The lowest BCUT2D eigenvalue weighted by atomic mass is 10.2. The maximum atomic E-state index is 14.0. The summed E-state index contributed by atoms with van der Waals surface area (Å²) in [7, 11) is 1.60. The maximum Gasteiger partial charge on any atom is 0.243 e. The first-order chi connectivity index (χ1) is 13.6. The first kappa shape index (κ1) is 22.9. The number of rotatable bonds is 5. The molecule has 0 saturated carbocycles. The van der Waals surface area contributed by atoms with Gasteiger partial charge in [0.1, 0.15) is 17.3 Å². The van der Waals surface area contributed by atoms with Crippen molar-refractivity contribution in [3.63, 3.8) is 0 Å². The maximum absolute atomic E-state index is 14.0. The van der Waals surface area contributed by atoms with Gasteiger partial charge in [-0.25, -0.2) is 8.78 Å². The van der Waals surface area contributed by atoms with Crippen molar-refractivity contribution < 1.29 is 13.6 Å². The van der Waals surface area contributed by atoms with E-state index in [2.05, 4.69) is 20.9 Å². The predicted octanol–water partition coefficient (Wildman–Crippen LogP) is 2.97. The van der Waals surface area contributed by atoms with Crippen LogP contribution in [-0.4, -0.2) is 44.6 Å². The molecule has 6 nitrogen and oxygen atoms in total. The molecule has 29 heavy (non-hydrogen) atoms. The Morgan fingerprint density at radius 2 is 1.83 bits per heavy atom. The summed E-state index contributed by atoms with van der Waals surface area (Å²) in [6, 6.07) is 13.0. The molecule has 2 aromatic carbocycles. The van der Waals surface area contributed by atoms with Crippen LogP contribution in [0, 0.1) is 11.6 Å². The minimum Gasteiger partial charge on any atom is -0.365 e. The number of aliphatic imine (C=N–C) groups is 1. The first-order valence-corrected chi connectivity index (χ1v) is 9.08. The topological polar surface area (TPSA) is 68.8 Å². The highest BCUT2D eigenvalue weighted by Crippen LogP contribution is 2.26. The van der Waals surface area contributed by atoms with Crippen LogP contribution in [0.25, 0.3) is 0 Å². The Kier molecular flexibility index (Phi) is 8.62. The lowest BCUT2D eigenvalue weighted by Crippen LogP contribution is -2.46.